The number of aromatic nitrogens is 1. The average Bonchev–Trinajstić information content (AvgIpc) is 2.92. The molecule has 0 saturated carbocycles. The fourth-order valence-electron chi connectivity index (χ4n) is 4.11. The van der Waals surface area contributed by atoms with Gasteiger partial charge in [0.1, 0.15) is 17.3 Å². The summed E-state index contributed by atoms with van der Waals surface area (Å²) in [4.78, 5) is 27.0. The van der Waals surface area contributed by atoms with Crippen molar-refractivity contribution in [2.45, 2.75) is 32.0 Å². The van der Waals surface area contributed by atoms with Crippen LogP contribution in [0, 0.1) is 11.6 Å². The van der Waals surface area contributed by atoms with Crippen LogP contribution in [0.5, 0.6) is 0 Å². The lowest BCUT2D eigenvalue weighted by Gasteiger charge is -2.14. The molecule has 0 atom stereocenters. The maximum atomic E-state index is 14.8. The SMILES string of the molecule is O=C(O)CCCC(=O)c1ccc(-c2cc(F)ccc2CNc2ccc(-c3ccc(C(F)(F)F)cc3)c(F)c2)cn1. The first-order chi connectivity index (χ1) is 19.0. The number of carboxylic acids is 1. The molecule has 0 amide bonds. The summed E-state index contributed by atoms with van der Waals surface area (Å²) >= 11 is 0. The Morgan fingerprint density at radius 1 is 0.825 bits per heavy atom. The van der Waals surface area contributed by atoms with Crippen LogP contribution in [0.1, 0.15) is 40.9 Å². The number of aliphatic carboxylic acids is 1. The summed E-state index contributed by atoms with van der Waals surface area (Å²) in [6.07, 6.45) is -2.93. The minimum atomic E-state index is -4.48. The molecule has 2 N–H and O–H groups in total. The van der Waals surface area contributed by atoms with Gasteiger partial charge in [0.25, 0.3) is 0 Å². The van der Waals surface area contributed by atoms with Crippen molar-refractivity contribution >= 4 is 17.4 Å². The van der Waals surface area contributed by atoms with Gasteiger partial charge in [0.05, 0.1) is 5.56 Å². The van der Waals surface area contributed by atoms with Crippen LogP contribution in [0.3, 0.4) is 0 Å². The van der Waals surface area contributed by atoms with Gasteiger partial charge in [0.15, 0.2) is 5.78 Å². The number of benzene rings is 3. The van der Waals surface area contributed by atoms with Gasteiger partial charge in [-0.05, 0) is 71.6 Å². The van der Waals surface area contributed by atoms with E-state index in [0.29, 0.717) is 27.9 Å². The van der Waals surface area contributed by atoms with E-state index in [1.165, 1.54) is 48.7 Å². The Balaban J connectivity index is 1.47. The smallest absolute Gasteiger partial charge is 0.416 e. The monoisotopic (exact) mass is 554 g/mol. The molecule has 1 aromatic heterocycles. The van der Waals surface area contributed by atoms with Crippen molar-refractivity contribution in [2.24, 2.45) is 0 Å². The van der Waals surface area contributed by atoms with Crippen LogP contribution in [0.2, 0.25) is 0 Å². The molecule has 0 bridgehead atoms. The summed E-state index contributed by atoms with van der Waals surface area (Å²) in [5, 5.41) is 11.8. The van der Waals surface area contributed by atoms with Crippen LogP contribution >= 0.6 is 0 Å². The fourth-order valence-corrected chi connectivity index (χ4v) is 4.11. The number of hydrogen-bond acceptors (Lipinski definition) is 4. The van der Waals surface area contributed by atoms with E-state index >= 15 is 0 Å². The zero-order valence-electron chi connectivity index (χ0n) is 20.9. The molecule has 0 aliphatic carbocycles. The minimum absolute atomic E-state index is 0.0436. The number of carboxylic acid groups (broad SMARTS) is 1. The van der Waals surface area contributed by atoms with Gasteiger partial charge in [-0.1, -0.05) is 24.3 Å². The van der Waals surface area contributed by atoms with E-state index in [0.717, 1.165) is 12.1 Å². The summed E-state index contributed by atoms with van der Waals surface area (Å²) < 4.78 is 67.4. The highest BCUT2D eigenvalue weighted by atomic mass is 19.4. The maximum Gasteiger partial charge on any atom is 0.416 e. The van der Waals surface area contributed by atoms with Crippen LogP contribution in [-0.4, -0.2) is 21.8 Å². The molecule has 0 aliphatic rings. The zero-order chi connectivity index (χ0) is 28.9. The number of nitrogens with zero attached hydrogens (tertiary/aromatic N) is 1. The largest absolute Gasteiger partial charge is 0.481 e. The number of carbonyl (C=O) groups is 2. The van der Waals surface area contributed by atoms with Gasteiger partial charge in [-0.25, -0.2) is 8.78 Å². The van der Waals surface area contributed by atoms with E-state index in [-0.39, 0.29) is 42.8 Å². The summed E-state index contributed by atoms with van der Waals surface area (Å²) in [5.74, 6) is -2.40. The number of ketones is 1. The van der Waals surface area contributed by atoms with Crippen molar-refractivity contribution in [1.82, 2.24) is 4.98 Å². The van der Waals surface area contributed by atoms with Crippen LogP contribution in [0.25, 0.3) is 22.3 Å². The van der Waals surface area contributed by atoms with Crippen LogP contribution in [-0.2, 0) is 17.5 Å². The summed E-state index contributed by atoms with van der Waals surface area (Å²) in [7, 11) is 0. The van der Waals surface area contributed by atoms with Crippen molar-refractivity contribution in [3.63, 3.8) is 0 Å². The molecule has 0 spiro atoms. The van der Waals surface area contributed by atoms with Crippen molar-refractivity contribution in [2.75, 3.05) is 5.32 Å². The van der Waals surface area contributed by atoms with Gasteiger partial charge in [-0.15, -0.1) is 0 Å². The average molecular weight is 555 g/mol. The highest BCUT2D eigenvalue weighted by Gasteiger charge is 2.30. The minimum Gasteiger partial charge on any atom is -0.481 e. The third kappa shape index (κ3) is 7.07. The third-order valence-corrected chi connectivity index (χ3v) is 6.20. The van der Waals surface area contributed by atoms with Crippen LogP contribution < -0.4 is 5.32 Å². The molecule has 0 unspecified atom stereocenters. The highest BCUT2D eigenvalue weighted by Crippen LogP contribution is 2.32. The molecule has 0 aliphatic heterocycles. The predicted octanol–water partition coefficient (Wildman–Crippen LogP) is 7.76. The number of rotatable bonds is 10. The molecule has 5 nitrogen and oxygen atoms in total. The summed E-state index contributed by atoms with van der Waals surface area (Å²) in [5.41, 5.74) is 1.92. The standard InChI is InChI=1S/C30H23F5N2O3/c31-22-10-6-19(25(14-22)20-7-13-27(37-17-20)28(38)2-1-3-29(39)40)16-36-23-11-12-24(26(32)15-23)18-4-8-21(9-5-18)30(33,34)35/h4-15,17,36H,1-3,16H2,(H,39,40). The Hall–Kier alpha value is -4.60. The van der Waals surface area contributed by atoms with Crippen molar-refractivity contribution in [1.29, 1.82) is 0 Å². The van der Waals surface area contributed by atoms with Crippen LogP contribution in [0.15, 0.2) is 79.0 Å². The first-order valence-electron chi connectivity index (χ1n) is 12.2. The number of halogens is 5. The molecule has 3 aromatic carbocycles. The van der Waals surface area contributed by atoms with Crippen molar-refractivity contribution in [3.05, 3.63) is 107 Å². The fraction of sp³-hybridized carbons (Fsp3) is 0.167. The topological polar surface area (TPSA) is 79.3 Å². The Morgan fingerprint density at radius 2 is 1.55 bits per heavy atom. The van der Waals surface area contributed by atoms with Crippen molar-refractivity contribution < 1.29 is 36.6 Å². The van der Waals surface area contributed by atoms with Gasteiger partial charge < -0.3 is 10.4 Å². The Morgan fingerprint density at radius 3 is 2.17 bits per heavy atom. The van der Waals surface area contributed by atoms with Crippen molar-refractivity contribution in [3.8, 4) is 22.3 Å². The second-order valence-electron chi connectivity index (χ2n) is 9.03. The van der Waals surface area contributed by atoms with E-state index in [9.17, 15) is 31.5 Å². The predicted molar refractivity (Wildman–Crippen MR) is 140 cm³/mol. The van der Waals surface area contributed by atoms with Gasteiger partial charge in [0, 0.05) is 42.4 Å². The second kappa shape index (κ2) is 12.1. The van der Waals surface area contributed by atoms with E-state index in [2.05, 4.69) is 10.3 Å². The Labute approximate surface area is 226 Å². The molecule has 0 saturated heterocycles. The lowest BCUT2D eigenvalue weighted by molar-refractivity contribution is -0.138. The molecular weight excluding hydrogens is 531 g/mol. The number of pyridine rings is 1. The van der Waals surface area contributed by atoms with E-state index < -0.39 is 29.3 Å². The van der Waals surface area contributed by atoms with Crippen LogP contribution in [0.4, 0.5) is 27.6 Å². The van der Waals surface area contributed by atoms with Gasteiger partial charge in [-0.3, -0.25) is 14.6 Å². The Kier molecular flexibility index (Phi) is 8.57. The van der Waals surface area contributed by atoms with E-state index in [1.54, 1.807) is 18.2 Å². The lowest BCUT2D eigenvalue weighted by atomic mass is 9.99. The molecular formula is C30H23F5N2O3. The zero-order valence-corrected chi connectivity index (χ0v) is 20.9. The number of anilines is 1. The molecule has 1 heterocycles. The Bertz CT molecular complexity index is 1520. The van der Waals surface area contributed by atoms with E-state index in [1.807, 2.05) is 0 Å². The lowest BCUT2D eigenvalue weighted by Crippen LogP contribution is -2.05. The molecule has 40 heavy (non-hydrogen) atoms. The van der Waals surface area contributed by atoms with Gasteiger partial charge in [0.2, 0.25) is 0 Å². The number of carbonyl (C=O) groups excluding carboxylic acids is 1. The highest BCUT2D eigenvalue weighted by molar-refractivity contribution is 5.94. The maximum absolute atomic E-state index is 14.8. The summed E-state index contributed by atoms with van der Waals surface area (Å²) in [6.45, 7) is 0.185. The molecule has 10 heteroatoms. The quantitative estimate of drug-likeness (QED) is 0.155. The molecule has 4 rings (SSSR count). The molecule has 206 valence electrons. The first kappa shape index (κ1) is 28.4. The number of Topliss-reactive ketones (excluding diaryl/α,β-unsaturated/α-hetero) is 1. The number of alkyl halides is 3. The van der Waals surface area contributed by atoms with E-state index in [4.69, 9.17) is 5.11 Å². The number of hydrogen-bond donors (Lipinski definition) is 2. The summed E-state index contributed by atoms with van der Waals surface area (Å²) in [6, 6.07) is 15.8. The van der Waals surface area contributed by atoms with Gasteiger partial charge in [-0.2, -0.15) is 13.2 Å². The molecule has 4 aromatic rings. The number of nitrogens with one attached hydrogen (secondary N) is 1. The molecule has 0 radical (unpaired) electrons. The molecule has 0 fully saturated rings. The second-order valence-corrected chi connectivity index (χ2v) is 9.03. The first-order valence-corrected chi connectivity index (χ1v) is 12.2. The van der Waals surface area contributed by atoms with Gasteiger partial charge >= 0.3 is 12.1 Å². The normalized spacial score (nSPS) is 11.3. The third-order valence-electron chi connectivity index (χ3n) is 6.20.